The summed E-state index contributed by atoms with van der Waals surface area (Å²) in [5.41, 5.74) is 8.12. The van der Waals surface area contributed by atoms with Crippen molar-refractivity contribution in [2.24, 2.45) is 0 Å². The fraction of sp³-hybridized carbons (Fsp3) is 0.345. The zero-order chi connectivity index (χ0) is 24.8. The van der Waals surface area contributed by atoms with Gasteiger partial charge >= 0.3 is 5.97 Å². The van der Waals surface area contributed by atoms with Gasteiger partial charge in [-0.15, -0.1) is 0 Å². The van der Waals surface area contributed by atoms with Crippen LogP contribution in [0.3, 0.4) is 0 Å². The van der Waals surface area contributed by atoms with E-state index in [0.29, 0.717) is 12.5 Å². The first kappa shape index (κ1) is 22.7. The first-order chi connectivity index (χ1) is 17.5. The van der Waals surface area contributed by atoms with Crippen LogP contribution in [0, 0.1) is 6.92 Å². The summed E-state index contributed by atoms with van der Waals surface area (Å²) >= 11 is 0. The molecule has 0 bridgehead atoms. The second-order valence-corrected chi connectivity index (χ2v) is 10.0. The van der Waals surface area contributed by atoms with E-state index < -0.39 is 5.97 Å². The van der Waals surface area contributed by atoms with E-state index in [2.05, 4.69) is 70.2 Å². The van der Waals surface area contributed by atoms with Crippen LogP contribution in [0.5, 0.6) is 0 Å². The zero-order valence-corrected chi connectivity index (χ0v) is 20.8. The van der Waals surface area contributed by atoms with E-state index in [9.17, 15) is 9.90 Å². The number of hydrogen-bond acceptors (Lipinski definition) is 5. The molecule has 1 saturated heterocycles. The first-order valence-corrected chi connectivity index (χ1v) is 12.8. The Hall–Kier alpha value is -3.71. The number of carboxylic acid groups (broad SMARTS) is 1. The summed E-state index contributed by atoms with van der Waals surface area (Å²) in [6.07, 6.45) is 4.21. The molecule has 184 valence electrons. The van der Waals surface area contributed by atoms with E-state index in [1.54, 1.807) is 6.33 Å². The van der Waals surface area contributed by atoms with E-state index in [4.69, 9.17) is 4.98 Å². The van der Waals surface area contributed by atoms with Gasteiger partial charge in [-0.2, -0.15) is 0 Å². The highest BCUT2D eigenvalue weighted by atomic mass is 16.4. The summed E-state index contributed by atoms with van der Waals surface area (Å²) in [7, 11) is 0. The van der Waals surface area contributed by atoms with Crippen molar-refractivity contribution in [3.8, 4) is 5.69 Å². The summed E-state index contributed by atoms with van der Waals surface area (Å²) in [5, 5.41) is 10.7. The molecule has 6 rings (SSSR count). The van der Waals surface area contributed by atoms with Gasteiger partial charge in [0.2, 0.25) is 0 Å². The topological polar surface area (TPSA) is 74.5 Å². The van der Waals surface area contributed by atoms with Gasteiger partial charge in [0.15, 0.2) is 5.69 Å². The van der Waals surface area contributed by atoms with Crippen LogP contribution >= 0.6 is 0 Å². The molecule has 1 N–H and O–H groups in total. The number of aromatic carboxylic acids is 1. The van der Waals surface area contributed by atoms with Crippen molar-refractivity contribution in [2.45, 2.75) is 39.2 Å². The van der Waals surface area contributed by atoms with Crippen molar-refractivity contribution < 1.29 is 9.90 Å². The van der Waals surface area contributed by atoms with Crippen LogP contribution in [0.1, 0.15) is 39.9 Å². The molecule has 36 heavy (non-hydrogen) atoms. The van der Waals surface area contributed by atoms with Crippen molar-refractivity contribution in [2.75, 3.05) is 31.1 Å². The van der Waals surface area contributed by atoms with E-state index >= 15 is 0 Å². The molecule has 1 atom stereocenters. The molecule has 0 saturated carbocycles. The highest BCUT2D eigenvalue weighted by molar-refractivity contribution is 5.92. The molecule has 2 aromatic heterocycles. The largest absolute Gasteiger partial charge is 0.476 e. The number of nitrogens with zero attached hydrogens (tertiary/aromatic N) is 5. The van der Waals surface area contributed by atoms with Gasteiger partial charge in [0.1, 0.15) is 6.33 Å². The maximum Gasteiger partial charge on any atom is 0.356 e. The SMILES string of the molecule is Cc1ccc2c(N3CCN(CCc4cccc5c4CCc4c(C(=O)O)ncn4-5)[C@H](C)C3)cccc2n1. The number of piperazine rings is 1. The lowest BCUT2D eigenvalue weighted by molar-refractivity contribution is 0.0689. The molecule has 2 aliphatic rings. The molecule has 0 amide bonds. The number of pyridine rings is 1. The molecular weight excluding hydrogens is 450 g/mol. The van der Waals surface area contributed by atoms with Gasteiger partial charge in [-0.25, -0.2) is 9.78 Å². The molecule has 0 aliphatic carbocycles. The number of aromatic nitrogens is 3. The molecule has 1 fully saturated rings. The minimum atomic E-state index is -0.952. The third kappa shape index (κ3) is 3.93. The predicted octanol–water partition coefficient (Wildman–Crippen LogP) is 4.28. The molecule has 0 spiro atoms. The van der Waals surface area contributed by atoms with Crippen molar-refractivity contribution in [3.05, 3.63) is 83.1 Å². The summed E-state index contributed by atoms with van der Waals surface area (Å²) in [5.74, 6) is -0.952. The molecule has 4 heterocycles. The quantitative estimate of drug-likeness (QED) is 0.459. The zero-order valence-electron chi connectivity index (χ0n) is 20.8. The van der Waals surface area contributed by atoms with Crippen LogP contribution in [-0.4, -0.2) is 62.7 Å². The van der Waals surface area contributed by atoms with Crippen LogP contribution in [0.25, 0.3) is 16.6 Å². The van der Waals surface area contributed by atoms with Crippen LogP contribution in [0.4, 0.5) is 5.69 Å². The Morgan fingerprint density at radius 1 is 1.06 bits per heavy atom. The van der Waals surface area contributed by atoms with Gasteiger partial charge in [-0.1, -0.05) is 18.2 Å². The van der Waals surface area contributed by atoms with Gasteiger partial charge in [-0.05, 0) is 74.6 Å². The van der Waals surface area contributed by atoms with Crippen molar-refractivity contribution >= 4 is 22.6 Å². The lowest BCUT2D eigenvalue weighted by Gasteiger charge is -2.41. The summed E-state index contributed by atoms with van der Waals surface area (Å²) < 4.78 is 1.97. The monoisotopic (exact) mass is 481 g/mol. The van der Waals surface area contributed by atoms with E-state index in [1.807, 2.05) is 11.5 Å². The average molecular weight is 482 g/mol. The Morgan fingerprint density at radius 3 is 2.72 bits per heavy atom. The van der Waals surface area contributed by atoms with Gasteiger partial charge in [-0.3, -0.25) is 9.88 Å². The number of carbonyl (C=O) groups is 1. The highest BCUT2D eigenvalue weighted by Gasteiger charge is 2.27. The average Bonchev–Trinajstić information content (AvgIpc) is 3.32. The van der Waals surface area contributed by atoms with E-state index in [1.165, 1.54) is 22.2 Å². The summed E-state index contributed by atoms with van der Waals surface area (Å²) in [6, 6.07) is 17.6. The molecule has 7 heteroatoms. The molecule has 2 aliphatic heterocycles. The maximum absolute atomic E-state index is 11.5. The number of imidazole rings is 1. The number of hydrogen-bond donors (Lipinski definition) is 1. The molecule has 0 unspecified atom stereocenters. The van der Waals surface area contributed by atoms with E-state index in [0.717, 1.165) is 61.6 Å². The van der Waals surface area contributed by atoms with Crippen LogP contribution in [0.15, 0.2) is 54.9 Å². The molecular formula is C29H31N5O2. The summed E-state index contributed by atoms with van der Waals surface area (Å²) in [6.45, 7) is 8.40. The number of anilines is 1. The third-order valence-electron chi connectivity index (χ3n) is 7.81. The number of rotatable bonds is 5. The van der Waals surface area contributed by atoms with Gasteiger partial charge in [0, 0.05) is 49.0 Å². The lowest BCUT2D eigenvalue weighted by atomic mass is 9.94. The molecule has 2 aromatic carbocycles. The van der Waals surface area contributed by atoms with Crippen molar-refractivity contribution in [1.82, 2.24) is 19.4 Å². The lowest BCUT2D eigenvalue weighted by Crippen LogP contribution is -2.52. The Balaban J connectivity index is 1.16. The molecule has 0 radical (unpaired) electrons. The van der Waals surface area contributed by atoms with Gasteiger partial charge in [0.05, 0.1) is 16.9 Å². The summed E-state index contributed by atoms with van der Waals surface area (Å²) in [4.78, 5) is 25.5. The normalized spacial score (nSPS) is 17.7. The van der Waals surface area contributed by atoms with Crippen LogP contribution in [-0.2, 0) is 19.3 Å². The van der Waals surface area contributed by atoms with Crippen LogP contribution < -0.4 is 4.90 Å². The highest BCUT2D eigenvalue weighted by Crippen LogP contribution is 2.31. The minimum absolute atomic E-state index is 0.176. The maximum atomic E-state index is 11.5. The van der Waals surface area contributed by atoms with Crippen molar-refractivity contribution in [3.63, 3.8) is 0 Å². The Bertz CT molecular complexity index is 1460. The number of aryl methyl sites for hydroxylation is 1. The third-order valence-corrected chi connectivity index (χ3v) is 7.81. The number of benzene rings is 2. The van der Waals surface area contributed by atoms with Crippen LogP contribution in [0.2, 0.25) is 0 Å². The first-order valence-electron chi connectivity index (χ1n) is 12.8. The van der Waals surface area contributed by atoms with Gasteiger partial charge < -0.3 is 14.6 Å². The smallest absolute Gasteiger partial charge is 0.356 e. The fourth-order valence-corrected chi connectivity index (χ4v) is 5.94. The van der Waals surface area contributed by atoms with E-state index in [-0.39, 0.29) is 5.69 Å². The molecule has 7 nitrogen and oxygen atoms in total. The second kappa shape index (κ2) is 9.06. The fourth-order valence-electron chi connectivity index (χ4n) is 5.94. The minimum Gasteiger partial charge on any atom is -0.476 e. The Kier molecular flexibility index (Phi) is 5.72. The number of carboxylic acids is 1. The predicted molar refractivity (Wildman–Crippen MR) is 141 cm³/mol. The second-order valence-electron chi connectivity index (χ2n) is 10.0. The van der Waals surface area contributed by atoms with Gasteiger partial charge in [0.25, 0.3) is 0 Å². The number of fused-ring (bicyclic) bond motifs is 4. The Labute approximate surface area is 211 Å². The van der Waals surface area contributed by atoms with Crippen molar-refractivity contribution in [1.29, 1.82) is 0 Å². The molecule has 4 aromatic rings. The standard InChI is InChI=1S/C29H31N5O2/c1-19-9-10-23-24(31-19)6-4-7-25(23)33-16-15-32(20(2)17-33)14-13-21-5-3-8-26-22(21)11-12-27-28(29(35)36)30-18-34(26)27/h3-10,18,20H,11-17H2,1-2H3,(H,35,36)/t20-/m1/s1. The Morgan fingerprint density at radius 2 is 1.89 bits per heavy atom.